The molecule has 0 radical (unpaired) electrons. The molecular weight excluding hydrogens is 258 g/mol. The predicted molar refractivity (Wildman–Crippen MR) is 66.9 cm³/mol. The molecule has 0 fully saturated rings. The van der Waals surface area contributed by atoms with Crippen molar-refractivity contribution in [3.63, 3.8) is 0 Å². The Morgan fingerprint density at radius 1 is 1.22 bits per heavy atom. The fourth-order valence-electron chi connectivity index (χ4n) is 1.00. The molecule has 0 aromatic carbocycles. The zero-order valence-corrected chi connectivity index (χ0v) is 11.6. The van der Waals surface area contributed by atoms with Gasteiger partial charge in [-0.05, 0) is 0 Å². The third kappa shape index (κ3) is 5.81. The molecule has 6 nitrogen and oxygen atoms in total. The minimum absolute atomic E-state index is 0.0408. The average molecular weight is 275 g/mol. The fourth-order valence-corrected chi connectivity index (χ4v) is 1.62. The summed E-state index contributed by atoms with van der Waals surface area (Å²) in [7, 11) is 1.17. The standard InChI is InChI=1S/C11H17NO5S/c1-6(2)9(14)10(15)12-8(11(16)17-4)5-18-7(3)13/h6,8H,5H2,1-4H3,(H,12,15). The Morgan fingerprint density at radius 2 is 1.78 bits per heavy atom. The van der Waals surface area contributed by atoms with Gasteiger partial charge in [-0.1, -0.05) is 25.6 Å². The second-order valence-electron chi connectivity index (χ2n) is 3.87. The van der Waals surface area contributed by atoms with Crippen LogP contribution in [0.5, 0.6) is 0 Å². The van der Waals surface area contributed by atoms with Gasteiger partial charge in [0.25, 0.3) is 5.91 Å². The molecule has 0 saturated heterocycles. The molecule has 0 bridgehead atoms. The lowest BCUT2D eigenvalue weighted by molar-refractivity contribution is -0.146. The number of Topliss-reactive ketones (excluding diaryl/α,β-unsaturated/α-hetero) is 1. The van der Waals surface area contributed by atoms with Crippen LogP contribution >= 0.6 is 11.8 Å². The average Bonchev–Trinajstić information content (AvgIpc) is 2.31. The van der Waals surface area contributed by atoms with Crippen LogP contribution in [0.3, 0.4) is 0 Å². The molecule has 0 heterocycles. The highest BCUT2D eigenvalue weighted by molar-refractivity contribution is 8.13. The van der Waals surface area contributed by atoms with Gasteiger partial charge in [0.15, 0.2) is 5.12 Å². The molecular formula is C11H17NO5S. The number of thioether (sulfide) groups is 1. The number of methoxy groups -OCH3 is 1. The summed E-state index contributed by atoms with van der Waals surface area (Å²) in [5.41, 5.74) is 0. The highest BCUT2D eigenvalue weighted by Crippen LogP contribution is 2.06. The fraction of sp³-hybridized carbons (Fsp3) is 0.636. The Morgan fingerprint density at radius 3 is 2.17 bits per heavy atom. The Balaban J connectivity index is 4.59. The lowest BCUT2D eigenvalue weighted by atomic mass is 10.1. The summed E-state index contributed by atoms with van der Waals surface area (Å²) in [5.74, 6) is -2.56. The van der Waals surface area contributed by atoms with E-state index in [1.807, 2.05) is 0 Å². The smallest absolute Gasteiger partial charge is 0.329 e. The lowest BCUT2D eigenvalue weighted by Gasteiger charge is -2.15. The molecule has 0 saturated carbocycles. The van der Waals surface area contributed by atoms with Gasteiger partial charge in [-0.2, -0.15) is 0 Å². The van der Waals surface area contributed by atoms with Crippen molar-refractivity contribution in [2.24, 2.45) is 5.92 Å². The summed E-state index contributed by atoms with van der Waals surface area (Å²) in [5, 5.41) is 2.08. The molecule has 1 atom stereocenters. The minimum Gasteiger partial charge on any atom is -0.467 e. The van der Waals surface area contributed by atoms with Gasteiger partial charge >= 0.3 is 5.97 Å². The topological polar surface area (TPSA) is 89.5 Å². The number of carbonyl (C=O) groups is 4. The third-order valence-corrected chi connectivity index (χ3v) is 2.90. The maximum Gasteiger partial charge on any atom is 0.329 e. The number of amides is 1. The van der Waals surface area contributed by atoms with E-state index in [0.29, 0.717) is 0 Å². The molecule has 102 valence electrons. The van der Waals surface area contributed by atoms with Crippen LogP contribution in [0.15, 0.2) is 0 Å². The van der Waals surface area contributed by atoms with Crippen molar-refractivity contribution >= 4 is 34.5 Å². The summed E-state index contributed by atoms with van der Waals surface area (Å²) < 4.78 is 4.50. The first-order chi connectivity index (χ1) is 8.29. The summed E-state index contributed by atoms with van der Waals surface area (Å²) in [6.45, 7) is 4.51. The number of rotatable bonds is 6. The van der Waals surface area contributed by atoms with E-state index in [9.17, 15) is 19.2 Å². The number of nitrogens with one attached hydrogen (secondary N) is 1. The maximum atomic E-state index is 11.5. The van der Waals surface area contributed by atoms with E-state index in [0.717, 1.165) is 11.8 Å². The van der Waals surface area contributed by atoms with Crippen molar-refractivity contribution in [2.75, 3.05) is 12.9 Å². The highest BCUT2D eigenvalue weighted by Gasteiger charge is 2.26. The number of esters is 1. The Labute approximate surface area is 110 Å². The Bertz CT molecular complexity index is 353. The van der Waals surface area contributed by atoms with E-state index in [1.165, 1.54) is 14.0 Å². The molecule has 7 heteroatoms. The molecule has 0 spiro atoms. The van der Waals surface area contributed by atoms with Crippen molar-refractivity contribution in [2.45, 2.75) is 26.8 Å². The van der Waals surface area contributed by atoms with Crippen LogP contribution < -0.4 is 5.32 Å². The molecule has 0 rings (SSSR count). The van der Waals surface area contributed by atoms with Gasteiger partial charge < -0.3 is 10.1 Å². The van der Waals surface area contributed by atoms with E-state index < -0.39 is 29.6 Å². The molecule has 0 aliphatic carbocycles. The van der Waals surface area contributed by atoms with E-state index in [1.54, 1.807) is 13.8 Å². The number of ketones is 1. The first-order valence-corrected chi connectivity index (χ1v) is 6.34. The van der Waals surface area contributed by atoms with Crippen LogP contribution in [0.4, 0.5) is 0 Å². The van der Waals surface area contributed by atoms with Gasteiger partial charge in [-0.15, -0.1) is 0 Å². The molecule has 0 aliphatic rings. The van der Waals surface area contributed by atoms with Gasteiger partial charge in [0.05, 0.1) is 7.11 Å². The third-order valence-electron chi connectivity index (χ3n) is 1.99. The molecule has 18 heavy (non-hydrogen) atoms. The van der Waals surface area contributed by atoms with Gasteiger partial charge in [-0.3, -0.25) is 14.4 Å². The van der Waals surface area contributed by atoms with Crippen molar-refractivity contribution in [1.82, 2.24) is 5.32 Å². The molecule has 0 aromatic rings. The Kier molecular flexibility index (Phi) is 7.26. The SMILES string of the molecule is COC(=O)C(CSC(C)=O)NC(=O)C(=O)C(C)C. The van der Waals surface area contributed by atoms with Crippen LogP contribution in [0.2, 0.25) is 0 Å². The predicted octanol–water partition coefficient (Wildman–Crippen LogP) is 0.149. The molecule has 0 aromatic heterocycles. The van der Waals surface area contributed by atoms with Crippen molar-refractivity contribution in [1.29, 1.82) is 0 Å². The zero-order valence-electron chi connectivity index (χ0n) is 10.8. The highest BCUT2D eigenvalue weighted by atomic mass is 32.2. The summed E-state index contributed by atoms with van der Waals surface area (Å²) >= 11 is 0.879. The first-order valence-electron chi connectivity index (χ1n) is 5.35. The van der Waals surface area contributed by atoms with E-state index in [-0.39, 0.29) is 10.9 Å². The van der Waals surface area contributed by atoms with Gasteiger partial charge in [0, 0.05) is 18.6 Å². The quantitative estimate of drug-likeness (QED) is 0.548. The van der Waals surface area contributed by atoms with Crippen LogP contribution in [-0.2, 0) is 23.9 Å². The number of hydrogen-bond acceptors (Lipinski definition) is 6. The summed E-state index contributed by atoms with van der Waals surface area (Å²) in [6.07, 6.45) is 0. The first kappa shape index (κ1) is 16.6. The lowest BCUT2D eigenvalue weighted by Crippen LogP contribution is -2.47. The van der Waals surface area contributed by atoms with Crippen LogP contribution in [0.1, 0.15) is 20.8 Å². The van der Waals surface area contributed by atoms with Crippen molar-refractivity contribution in [3.05, 3.63) is 0 Å². The largest absolute Gasteiger partial charge is 0.467 e. The van der Waals surface area contributed by atoms with E-state index in [4.69, 9.17) is 0 Å². The van der Waals surface area contributed by atoms with Crippen LogP contribution in [-0.4, -0.2) is 41.7 Å². The second kappa shape index (κ2) is 7.86. The van der Waals surface area contributed by atoms with Crippen molar-refractivity contribution in [3.8, 4) is 0 Å². The maximum absolute atomic E-state index is 11.5. The van der Waals surface area contributed by atoms with Crippen molar-refractivity contribution < 1.29 is 23.9 Å². The second-order valence-corrected chi connectivity index (χ2v) is 5.07. The molecule has 1 unspecified atom stereocenters. The monoisotopic (exact) mass is 275 g/mol. The van der Waals surface area contributed by atoms with E-state index in [2.05, 4.69) is 10.1 Å². The molecule has 1 amide bonds. The van der Waals surface area contributed by atoms with Crippen LogP contribution in [0, 0.1) is 5.92 Å². The van der Waals surface area contributed by atoms with Gasteiger partial charge in [0.1, 0.15) is 6.04 Å². The zero-order chi connectivity index (χ0) is 14.3. The Hall–Kier alpha value is -1.37. The summed E-state index contributed by atoms with van der Waals surface area (Å²) in [4.78, 5) is 45.1. The summed E-state index contributed by atoms with van der Waals surface area (Å²) in [6, 6.07) is -1.00. The number of carbonyl (C=O) groups excluding carboxylic acids is 4. The normalized spacial score (nSPS) is 11.8. The van der Waals surface area contributed by atoms with Crippen LogP contribution in [0.25, 0.3) is 0 Å². The minimum atomic E-state index is -1.00. The number of hydrogen-bond donors (Lipinski definition) is 1. The van der Waals surface area contributed by atoms with E-state index >= 15 is 0 Å². The van der Waals surface area contributed by atoms with Gasteiger partial charge in [0.2, 0.25) is 5.78 Å². The van der Waals surface area contributed by atoms with Gasteiger partial charge in [-0.25, -0.2) is 4.79 Å². The number of ether oxygens (including phenoxy) is 1. The molecule has 1 N–H and O–H groups in total. The molecule has 0 aliphatic heterocycles.